The quantitative estimate of drug-likeness (QED) is 0.734. The molecule has 0 atom stereocenters. The summed E-state index contributed by atoms with van der Waals surface area (Å²) in [5.41, 5.74) is 0.681. The minimum absolute atomic E-state index is 0.569. The van der Waals surface area contributed by atoms with Crippen molar-refractivity contribution in [1.82, 2.24) is 0 Å². The molecule has 0 radical (unpaired) electrons. The van der Waals surface area contributed by atoms with Gasteiger partial charge in [-0.3, -0.25) is 4.79 Å². The number of thiophene rings is 1. The zero-order valence-electron chi connectivity index (χ0n) is 7.41. The van der Waals surface area contributed by atoms with Crippen LogP contribution in [-0.2, 0) is 0 Å². The number of fused-ring (bicyclic) bond motifs is 1. The van der Waals surface area contributed by atoms with E-state index in [0.717, 1.165) is 16.4 Å². The van der Waals surface area contributed by atoms with Crippen LogP contribution in [0, 0.1) is 0 Å². The van der Waals surface area contributed by atoms with E-state index >= 15 is 0 Å². The summed E-state index contributed by atoms with van der Waals surface area (Å²) in [6.45, 7) is 0. The van der Waals surface area contributed by atoms with E-state index in [1.54, 1.807) is 18.6 Å². The van der Waals surface area contributed by atoms with Crippen LogP contribution in [0.3, 0.4) is 0 Å². The molecule has 0 bridgehead atoms. The van der Waals surface area contributed by atoms with E-state index in [4.69, 9.17) is 16.3 Å². The van der Waals surface area contributed by atoms with Gasteiger partial charge < -0.3 is 4.74 Å². The lowest BCUT2D eigenvalue weighted by Crippen LogP contribution is -1.84. The maximum Gasteiger partial charge on any atom is 0.155 e. The predicted octanol–water partition coefficient (Wildman–Crippen LogP) is 3.38. The second-order valence-corrected chi connectivity index (χ2v) is 4.05. The van der Waals surface area contributed by atoms with E-state index in [1.807, 2.05) is 6.07 Å². The monoisotopic (exact) mass is 226 g/mol. The number of halogens is 1. The number of carbonyl (C=O) groups excluding carboxylic acids is 1. The van der Waals surface area contributed by atoms with Crippen LogP contribution in [0.5, 0.6) is 5.75 Å². The van der Waals surface area contributed by atoms with Gasteiger partial charge in [-0.05, 0) is 6.07 Å². The number of aldehydes is 1. The van der Waals surface area contributed by atoms with Crippen molar-refractivity contribution in [2.24, 2.45) is 0 Å². The van der Waals surface area contributed by atoms with Gasteiger partial charge in [0.05, 0.1) is 16.8 Å². The highest BCUT2D eigenvalue weighted by molar-refractivity contribution is 7.18. The maximum absolute atomic E-state index is 10.7. The zero-order valence-corrected chi connectivity index (χ0v) is 8.98. The van der Waals surface area contributed by atoms with Crippen LogP contribution < -0.4 is 4.74 Å². The Morgan fingerprint density at radius 1 is 1.50 bits per heavy atom. The number of hydrogen-bond acceptors (Lipinski definition) is 3. The number of carbonyl (C=O) groups is 1. The molecule has 0 N–H and O–H groups in total. The summed E-state index contributed by atoms with van der Waals surface area (Å²) >= 11 is 7.41. The first kappa shape index (κ1) is 9.49. The fourth-order valence-electron chi connectivity index (χ4n) is 1.35. The summed E-state index contributed by atoms with van der Waals surface area (Å²) in [5.74, 6) is 0.641. The van der Waals surface area contributed by atoms with Crippen LogP contribution in [0.15, 0.2) is 17.5 Å². The third-order valence-electron chi connectivity index (χ3n) is 2.01. The Balaban J connectivity index is 2.83. The molecule has 0 spiro atoms. The van der Waals surface area contributed by atoms with E-state index in [0.29, 0.717) is 16.3 Å². The van der Waals surface area contributed by atoms with Crippen molar-refractivity contribution in [2.45, 2.75) is 0 Å². The highest BCUT2D eigenvalue weighted by Crippen LogP contribution is 2.38. The van der Waals surface area contributed by atoms with Gasteiger partial charge >= 0.3 is 0 Å². The lowest BCUT2D eigenvalue weighted by Gasteiger charge is -2.03. The Morgan fingerprint density at radius 2 is 2.29 bits per heavy atom. The van der Waals surface area contributed by atoms with Crippen molar-refractivity contribution in [3.05, 3.63) is 28.1 Å². The van der Waals surface area contributed by atoms with Crippen LogP contribution in [0.4, 0.5) is 0 Å². The number of hydrogen-bond donors (Lipinski definition) is 0. The summed E-state index contributed by atoms with van der Waals surface area (Å²) in [6, 6.07) is 3.57. The minimum Gasteiger partial charge on any atom is -0.494 e. The van der Waals surface area contributed by atoms with Gasteiger partial charge in [-0.1, -0.05) is 17.7 Å². The molecule has 0 amide bonds. The second kappa shape index (κ2) is 3.59. The van der Waals surface area contributed by atoms with Crippen molar-refractivity contribution in [1.29, 1.82) is 0 Å². The first-order valence-corrected chi connectivity index (χ1v) is 5.22. The molecular weight excluding hydrogens is 220 g/mol. The Morgan fingerprint density at radius 3 is 2.93 bits per heavy atom. The van der Waals surface area contributed by atoms with E-state index in [9.17, 15) is 4.79 Å². The molecule has 1 heterocycles. The molecule has 0 unspecified atom stereocenters. The van der Waals surface area contributed by atoms with Crippen molar-refractivity contribution in [2.75, 3.05) is 7.11 Å². The van der Waals surface area contributed by atoms with Gasteiger partial charge in [0.15, 0.2) is 12.0 Å². The molecule has 0 aliphatic carbocycles. The van der Waals surface area contributed by atoms with Crippen molar-refractivity contribution >= 4 is 39.3 Å². The van der Waals surface area contributed by atoms with Crippen molar-refractivity contribution in [3.8, 4) is 5.75 Å². The SMILES string of the molecule is COc1c(Cl)ccc2c(C=O)csc12. The summed E-state index contributed by atoms with van der Waals surface area (Å²) in [6.07, 6.45) is 0.839. The molecule has 14 heavy (non-hydrogen) atoms. The minimum atomic E-state index is 0.569. The van der Waals surface area contributed by atoms with Crippen molar-refractivity contribution in [3.63, 3.8) is 0 Å². The number of ether oxygens (including phenoxy) is 1. The van der Waals surface area contributed by atoms with Crippen LogP contribution in [0.25, 0.3) is 10.1 Å². The molecule has 4 heteroatoms. The first-order valence-electron chi connectivity index (χ1n) is 3.96. The topological polar surface area (TPSA) is 26.3 Å². The lowest BCUT2D eigenvalue weighted by atomic mass is 10.2. The van der Waals surface area contributed by atoms with Crippen molar-refractivity contribution < 1.29 is 9.53 Å². The average molecular weight is 227 g/mol. The average Bonchev–Trinajstić information content (AvgIpc) is 2.60. The van der Waals surface area contributed by atoms with Crippen LogP contribution in [-0.4, -0.2) is 13.4 Å². The Bertz CT molecular complexity index is 490. The second-order valence-electron chi connectivity index (χ2n) is 2.77. The summed E-state index contributed by atoms with van der Waals surface area (Å²) < 4.78 is 6.10. The van der Waals surface area contributed by atoms with Gasteiger partial charge in [0.25, 0.3) is 0 Å². The fourth-order valence-corrected chi connectivity index (χ4v) is 2.68. The summed E-state index contributed by atoms with van der Waals surface area (Å²) in [4.78, 5) is 10.7. The number of benzene rings is 1. The Kier molecular flexibility index (Phi) is 2.44. The van der Waals surface area contributed by atoms with Crippen LogP contribution in [0.1, 0.15) is 10.4 Å². The highest BCUT2D eigenvalue weighted by Gasteiger charge is 2.10. The third kappa shape index (κ3) is 1.29. The first-order chi connectivity index (χ1) is 6.77. The van der Waals surface area contributed by atoms with E-state index < -0.39 is 0 Å². The molecule has 2 rings (SSSR count). The smallest absolute Gasteiger partial charge is 0.155 e. The standard InChI is InChI=1S/C10H7ClO2S/c1-13-9-8(11)3-2-7-6(4-12)5-14-10(7)9/h2-5H,1H3. The predicted molar refractivity (Wildman–Crippen MR) is 58.8 cm³/mol. The highest BCUT2D eigenvalue weighted by atomic mass is 35.5. The Labute approximate surface area is 90.1 Å². The molecular formula is C10H7ClO2S. The molecule has 72 valence electrons. The number of methoxy groups -OCH3 is 1. The normalized spacial score (nSPS) is 10.4. The lowest BCUT2D eigenvalue weighted by molar-refractivity contribution is 0.112. The third-order valence-corrected chi connectivity index (χ3v) is 3.32. The Hall–Kier alpha value is -1.06. The molecule has 0 fully saturated rings. The van der Waals surface area contributed by atoms with Gasteiger partial charge in [-0.25, -0.2) is 0 Å². The van der Waals surface area contributed by atoms with Gasteiger partial charge in [0.1, 0.15) is 0 Å². The maximum atomic E-state index is 10.7. The van der Waals surface area contributed by atoms with Gasteiger partial charge in [-0.15, -0.1) is 11.3 Å². The summed E-state index contributed by atoms with van der Waals surface area (Å²) in [7, 11) is 1.57. The van der Waals surface area contributed by atoms with Crippen LogP contribution in [0.2, 0.25) is 5.02 Å². The zero-order chi connectivity index (χ0) is 10.1. The molecule has 0 aliphatic rings. The van der Waals surface area contributed by atoms with E-state index in [2.05, 4.69) is 0 Å². The molecule has 0 saturated carbocycles. The molecule has 2 nitrogen and oxygen atoms in total. The molecule has 1 aromatic heterocycles. The van der Waals surface area contributed by atoms with E-state index in [1.165, 1.54) is 11.3 Å². The molecule has 0 aliphatic heterocycles. The van der Waals surface area contributed by atoms with Gasteiger partial charge in [0, 0.05) is 16.3 Å². The van der Waals surface area contributed by atoms with E-state index in [-0.39, 0.29) is 0 Å². The molecule has 0 saturated heterocycles. The fraction of sp³-hybridized carbons (Fsp3) is 0.100. The van der Waals surface area contributed by atoms with Crippen LogP contribution >= 0.6 is 22.9 Å². The number of rotatable bonds is 2. The van der Waals surface area contributed by atoms with Gasteiger partial charge in [0.2, 0.25) is 0 Å². The van der Waals surface area contributed by atoms with Gasteiger partial charge in [-0.2, -0.15) is 0 Å². The summed E-state index contributed by atoms with van der Waals surface area (Å²) in [5, 5.41) is 3.27. The largest absolute Gasteiger partial charge is 0.494 e. The molecule has 1 aromatic carbocycles. The molecule has 2 aromatic rings.